The fraction of sp³-hybridized carbons (Fsp3) is 0.429. The number of halogens is 1. The normalized spacial score (nSPS) is 23.0. The number of anilines is 1. The largest absolute Gasteiger partial charge is 0.465 e. The van der Waals surface area contributed by atoms with Crippen LogP contribution in [0.4, 0.5) is 10.5 Å². The minimum absolute atomic E-state index is 0.0114. The molecule has 2 amide bonds. The van der Waals surface area contributed by atoms with Crippen molar-refractivity contribution in [3.63, 3.8) is 0 Å². The first kappa shape index (κ1) is 33.8. The zero-order valence-corrected chi connectivity index (χ0v) is 26.9. The SMILES string of the molecule is CCOC(=O)CNC(=O)Nc1ccc([C@H]2O[C@@H](CN3CCC(O)(c4ccc(Cl)cc4)CC3)[C@@H](C)[C@@H](c3ccc(CO)cc3)O2)cc1. The van der Waals surface area contributed by atoms with E-state index in [1.807, 2.05) is 60.7 Å². The van der Waals surface area contributed by atoms with Gasteiger partial charge in [-0.1, -0.05) is 67.1 Å². The van der Waals surface area contributed by atoms with Gasteiger partial charge >= 0.3 is 12.0 Å². The van der Waals surface area contributed by atoms with E-state index in [9.17, 15) is 19.8 Å². The van der Waals surface area contributed by atoms with Crippen molar-refractivity contribution < 1.29 is 34.0 Å². The number of esters is 1. The number of nitrogens with zero attached hydrogens (tertiary/aromatic N) is 1. The van der Waals surface area contributed by atoms with E-state index < -0.39 is 23.9 Å². The van der Waals surface area contributed by atoms with Crippen molar-refractivity contribution >= 4 is 29.3 Å². The van der Waals surface area contributed by atoms with Gasteiger partial charge < -0.3 is 40.0 Å². The molecule has 0 bridgehead atoms. The summed E-state index contributed by atoms with van der Waals surface area (Å²) in [6.07, 6.45) is 0.104. The third-order valence-corrected chi connectivity index (χ3v) is 9.02. The van der Waals surface area contributed by atoms with E-state index in [0.717, 1.165) is 22.3 Å². The molecule has 0 aromatic heterocycles. The van der Waals surface area contributed by atoms with E-state index >= 15 is 0 Å². The smallest absolute Gasteiger partial charge is 0.325 e. The Bertz CT molecular complexity index is 1440. The molecule has 10 nitrogen and oxygen atoms in total. The maximum Gasteiger partial charge on any atom is 0.325 e. The predicted octanol–water partition coefficient (Wildman–Crippen LogP) is 5.29. The van der Waals surface area contributed by atoms with Crippen LogP contribution in [0.3, 0.4) is 0 Å². The Morgan fingerprint density at radius 3 is 2.26 bits per heavy atom. The average Bonchev–Trinajstić information content (AvgIpc) is 3.06. The van der Waals surface area contributed by atoms with Gasteiger partial charge in [0.25, 0.3) is 0 Å². The van der Waals surface area contributed by atoms with Crippen molar-refractivity contribution in [1.82, 2.24) is 10.2 Å². The predicted molar refractivity (Wildman–Crippen MR) is 174 cm³/mol. The van der Waals surface area contributed by atoms with Gasteiger partial charge in [-0.05, 0) is 60.7 Å². The van der Waals surface area contributed by atoms with Crippen molar-refractivity contribution in [2.24, 2.45) is 5.92 Å². The lowest BCUT2D eigenvalue weighted by Gasteiger charge is -2.45. The minimum atomic E-state index is -0.895. The van der Waals surface area contributed by atoms with Crippen LogP contribution in [-0.4, -0.2) is 66.0 Å². The number of piperidine rings is 1. The molecule has 0 spiro atoms. The summed E-state index contributed by atoms with van der Waals surface area (Å²) in [5, 5.41) is 26.8. The van der Waals surface area contributed by atoms with Crippen molar-refractivity contribution in [2.45, 2.75) is 57.4 Å². The van der Waals surface area contributed by atoms with Crippen LogP contribution in [0, 0.1) is 5.92 Å². The molecule has 0 radical (unpaired) electrons. The van der Waals surface area contributed by atoms with Gasteiger partial charge in [0.15, 0.2) is 6.29 Å². The molecule has 2 fully saturated rings. The fourth-order valence-electron chi connectivity index (χ4n) is 6.00. The number of ether oxygens (including phenoxy) is 3. The maximum atomic E-state index is 12.2. The number of urea groups is 1. The van der Waals surface area contributed by atoms with E-state index in [-0.39, 0.29) is 37.9 Å². The van der Waals surface area contributed by atoms with Gasteiger partial charge in [-0.3, -0.25) is 4.79 Å². The number of aliphatic hydroxyl groups is 2. The molecule has 2 aliphatic rings. The summed E-state index contributed by atoms with van der Waals surface area (Å²) in [4.78, 5) is 26.1. The molecule has 4 atom stereocenters. The van der Waals surface area contributed by atoms with Crippen LogP contribution in [0.5, 0.6) is 0 Å². The highest BCUT2D eigenvalue weighted by atomic mass is 35.5. The molecule has 46 heavy (non-hydrogen) atoms. The molecule has 0 saturated carbocycles. The highest BCUT2D eigenvalue weighted by molar-refractivity contribution is 6.30. The molecule has 2 saturated heterocycles. The van der Waals surface area contributed by atoms with Gasteiger partial charge in [-0.2, -0.15) is 0 Å². The number of nitrogens with one attached hydrogen (secondary N) is 2. The van der Waals surface area contributed by atoms with Crippen molar-refractivity contribution in [2.75, 3.05) is 38.1 Å². The van der Waals surface area contributed by atoms with Crippen LogP contribution in [0.2, 0.25) is 5.02 Å². The third-order valence-electron chi connectivity index (χ3n) is 8.77. The van der Waals surface area contributed by atoms with E-state index in [2.05, 4.69) is 22.5 Å². The Morgan fingerprint density at radius 2 is 1.63 bits per heavy atom. The van der Waals surface area contributed by atoms with Gasteiger partial charge in [0.05, 0.1) is 31.0 Å². The Hall–Kier alpha value is -3.51. The zero-order valence-electron chi connectivity index (χ0n) is 26.2. The van der Waals surface area contributed by atoms with Crippen LogP contribution >= 0.6 is 11.6 Å². The number of benzene rings is 3. The van der Waals surface area contributed by atoms with Crippen LogP contribution in [0.25, 0.3) is 0 Å². The first-order valence-corrected chi connectivity index (χ1v) is 16.1. The van der Waals surface area contributed by atoms with Gasteiger partial charge in [0.2, 0.25) is 0 Å². The molecule has 2 aliphatic heterocycles. The number of likely N-dealkylation sites (tertiary alicyclic amines) is 1. The Morgan fingerprint density at radius 1 is 0.978 bits per heavy atom. The Labute approximate surface area is 274 Å². The summed E-state index contributed by atoms with van der Waals surface area (Å²) in [6, 6.07) is 21.9. The lowest BCUT2D eigenvalue weighted by molar-refractivity contribution is -0.277. The van der Waals surface area contributed by atoms with Gasteiger partial charge in [0.1, 0.15) is 6.54 Å². The number of amides is 2. The molecule has 0 aliphatic carbocycles. The molecular weight excluding hydrogens is 610 g/mol. The maximum absolute atomic E-state index is 12.2. The number of rotatable bonds is 10. The number of hydrogen-bond acceptors (Lipinski definition) is 8. The van der Waals surface area contributed by atoms with Crippen molar-refractivity contribution in [3.8, 4) is 0 Å². The lowest BCUT2D eigenvalue weighted by atomic mass is 9.84. The second-order valence-corrected chi connectivity index (χ2v) is 12.3. The summed E-state index contributed by atoms with van der Waals surface area (Å²) in [5.74, 6) is -0.497. The standard InChI is InChI=1S/C35H42ClN3O7/c1-3-44-31(41)20-37-34(42)38-29-14-8-26(9-15-29)33-45-30(23(2)32(46-33)25-6-4-24(22-40)5-7-25)21-39-18-16-35(43,17-19-39)27-10-12-28(36)13-11-27/h4-15,23,30,32-33,40,43H,3,16-22H2,1-2H3,(H2,37,38,42)/t23-,30+,32+,33+/m1/s1. The fourth-order valence-corrected chi connectivity index (χ4v) is 6.13. The molecule has 246 valence electrons. The minimum Gasteiger partial charge on any atom is -0.465 e. The second kappa shape index (κ2) is 15.4. The summed E-state index contributed by atoms with van der Waals surface area (Å²) < 4.78 is 18.0. The number of aliphatic hydroxyl groups excluding tert-OH is 1. The molecule has 3 aromatic carbocycles. The van der Waals surface area contributed by atoms with Gasteiger partial charge in [0, 0.05) is 41.8 Å². The molecule has 11 heteroatoms. The highest BCUT2D eigenvalue weighted by Crippen LogP contribution is 2.42. The van der Waals surface area contributed by atoms with Crippen molar-refractivity contribution in [1.29, 1.82) is 0 Å². The Balaban J connectivity index is 1.27. The summed E-state index contributed by atoms with van der Waals surface area (Å²) in [7, 11) is 0. The van der Waals surface area contributed by atoms with E-state index in [1.54, 1.807) is 19.1 Å². The van der Waals surface area contributed by atoms with Crippen LogP contribution in [0.15, 0.2) is 72.8 Å². The van der Waals surface area contributed by atoms with E-state index in [4.69, 9.17) is 25.8 Å². The average molecular weight is 652 g/mol. The Kier molecular flexibility index (Phi) is 11.3. The first-order chi connectivity index (χ1) is 22.2. The topological polar surface area (TPSA) is 130 Å². The van der Waals surface area contributed by atoms with Crippen molar-refractivity contribution in [3.05, 3.63) is 100 Å². The van der Waals surface area contributed by atoms with Crippen LogP contribution in [-0.2, 0) is 31.2 Å². The second-order valence-electron chi connectivity index (χ2n) is 11.9. The number of hydrogen-bond donors (Lipinski definition) is 4. The molecule has 4 N–H and O–H groups in total. The first-order valence-electron chi connectivity index (χ1n) is 15.7. The summed E-state index contributed by atoms with van der Waals surface area (Å²) in [5.41, 5.74) is 3.15. The van der Waals surface area contributed by atoms with Crippen LogP contribution < -0.4 is 10.6 Å². The molecule has 2 heterocycles. The van der Waals surface area contributed by atoms with Gasteiger partial charge in [-0.25, -0.2) is 4.79 Å². The highest BCUT2D eigenvalue weighted by Gasteiger charge is 2.41. The molecule has 3 aromatic rings. The van der Waals surface area contributed by atoms with Gasteiger partial charge in [-0.15, -0.1) is 0 Å². The summed E-state index contributed by atoms with van der Waals surface area (Å²) >= 11 is 6.07. The monoisotopic (exact) mass is 651 g/mol. The summed E-state index contributed by atoms with van der Waals surface area (Å²) in [6.45, 7) is 5.92. The quantitative estimate of drug-likeness (QED) is 0.218. The van der Waals surface area contributed by atoms with Crippen LogP contribution in [0.1, 0.15) is 61.3 Å². The molecular formula is C35H42ClN3O7. The number of carbonyl (C=O) groups is 2. The lowest BCUT2D eigenvalue weighted by Crippen LogP contribution is -2.49. The number of carbonyl (C=O) groups excluding carboxylic acids is 2. The molecule has 5 rings (SSSR count). The van der Waals surface area contributed by atoms with E-state index in [0.29, 0.717) is 43.2 Å². The third kappa shape index (κ3) is 8.44. The van der Waals surface area contributed by atoms with E-state index in [1.165, 1.54) is 0 Å². The zero-order chi connectivity index (χ0) is 32.7. The molecule has 0 unspecified atom stereocenters.